The van der Waals surface area contributed by atoms with Crippen molar-refractivity contribution in [2.45, 2.75) is 25.9 Å². The molecule has 0 bridgehead atoms. The van der Waals surface area contributed by atoms with E-state index in [0.29, 0.717) is 13.1 Å². The number of hydrogen-bond acceptors (Lipinski definition) is 4. The van der Waals surface area contributed by atoms with E-state index < -0.39 is 11.2 Å². The lowest BCUT2D eigenvalue weighted by Crippen LogP contribution is -3.06. The number of nitrogens with zero attached hydrogens (tertiary/aromatic N) is 1. The summed E-state index contributed by atoms with van der Waals surface area (Å²) in [6.07, 6.45) is 0.754. The van der Waals surface area contributed by atoms with Crippen molar-refractivity contribution in [1.82, 2.24) is 9.55 Å². The number of nitrogens with one attached hydrogen (secondary N) is 3. The molecule has 0 saturated heterocycles. The summed E-state index contributed by atoms with van der Waals surface area (Å²) in [6.45, 7) is 2.95. The maximum atomic E-state index is 12.1. The van der Waals surface area contributed by atoms with Gasteiger partial charge in [-0.3, -0.25) is 14.3 Å². The van der Waals surface area contributed by atoms with E-state index >= 15 is 0 Å². The van der Waals surface area contributed by atoms with Crippen molar-refractivity contribution >= 4 is 11.5 Å². The van der Waals surface area contributed by atoms with Crippen LogP contribution in [-0.4, -0.2) is 30.2 Å². The second-order valence-corrected chi connectivity index (χ2v) is 6.09. The zero-order valence-corrected chi connectivity index (χ0v) is 14.4. The van der Waals surface area contributed by atoms with Crippen LogP contribution < -0.4 is 27.2 Å². The molecule has 130 valence electrons. The Morgan fingerprint density at radius 1 is 1.25 bits per heavy atom. The number of benzene rings is 1. The van der Waals surface area contributed by atoms with Crippen molar-refractivity contribution in [2.75, 3.05) is 31.7 Å². The fourth-order valence-electron chi connectivity index (χ4n) is 2.75. The third-order valence-corrected chi connectivity index (χ3v) is 4.07. The van der Waals surface area contributed by atoms with Gasteiger partial charge < -0.3 is 16.0 Å². The molecule has 0 unspecified atom stereocenters. The minimum atomic E-state index is -0.481. The van der Waals surface area contributed by atoms with Gasteiger partial charge in [0.2, 0.25) is 0 Å². The summed E-state index contributed by atoms with van der Waals surface area (Å²) in [4.78, 5) is 27.5. The molecular formula is C17H26N5O2+. The molecule has 2 aromatic rings. The molecule has 7 heteroatoms. The quantitative estimate of drug-likeness (QED) is 0.566. The maximum Gasteiger partial charge on any atom is 0.330 e. The zero-order chi connectivity index (χ0) is 17.7. The predicted molar refractivity (Wildman–Crippen MR) is 96.5 cm³/mol. The van der Waals surface area contributed by atoms with E-state index in [-0.39, 0.29) is 17.5 Å². The fraction of sp³-hybridized carbons (Fsp3) is 0.412. The third kappa shape index (κ3) is 3.86. The van der Waals surface area contributed by atoms with Gasteiger partial charge in [-0.2, -0.15) is 0 Å². The van der Waals surface area contributed by atoms with Crippen LogP contribution >= 0.6 is 0 Å². The summed E-state index contributed by atoms with van der Waals surface area (Å²) in [5.74, 6) is 0.186. The Morgan fingerprint density at radius 3 is 2.50 bits per heavy atom. The molecule has 2 rings (SSSR count). The fourth-order valence-corrected chi connectivity index (χ4v) is 2.75. The standard InChI is InChI=1S/C17H25N5O2/c1-4-10-22-15(18)14(16(23)20-17(22)24)19-11-13(21(2)3)12-8-6-5-7-9-12/h5-9,13,19H,4,10-11,18H2,1-3H3,(H,20,23,24)/p+1/t13-/m1/s1. The number of hydrogen-bond donors (Lipinski definition) is 4. The number of rotatable bonds is 7. The molecule has 1 aromatic carbocycles. The Labute approximate surface area is 141 Å². The highest BCUT2D eigenvalue weighted by Gasteiger charge is 2.19. The molecule has 0 spiro atoms. The van der Waals surface area contributed by atoms with Crippen LogP contribution in [0.15, 0.2) is 39.9 Å². The largest absolute Gasteiger partial charge is 0.383 e. The van der Waals surface area contributed by atoms with Gasteiger partial charge in [-0.15, -0.1) is 0 Å². The van der Waals surface area contributed by atoms with Gasteiger partial charge in [-0.05, 0) is 6.42 Å². The molecule has 7 nitrogen and oxygen atoms in total. The molecule has 0 aliphatic carbocycles. The van der Waals surface area contributed by atoms with Crippen LogP contribution in [0.5, 0.6) is 0 Å². The highest BCUT2D eigenvalue weighted by Crippen LogP contribution is 2.14. The normalized spacial score (nSPS) is 12.3. The lowest BCUT2D eigenvalue weighted by atomic mass is 10.1. The van der Waals surface area contributed by atoms with E-state index in [1.165, 1.54) is 15.0 Å². The van der Waals surface area contributed by atoms with Gasteiger partial charge in [0.1, 0.15) is 17.5 Å². The molecule has 5 N–H and O–H groups in total. The summed E-state index contributed by atoms with van der Waals surface area (Å²) in [5.41, 5.74) is 6.52. The van der Waals surface area contributed by atoms with Gasteiger partial charge in [0, 0.05) is 12.1 Å². The summed E-state index contributed by atoms with van der Waals surface area (Å²) < 4.78 is 1.39. The van der Waals surface area contributed by atoms with Crippen LogP contribution in [0.3, 0.4) is 0 Å². The number of anilines is 2. The van der Waals surface area contributed by atoms with E-state index in [2.05, 4.69) is 36.5 Å². The van der Waals surface area contributed by atoms with E-state index in [1.54, 1.807) is 0 Å². The minimum absolute atomic E-state index is 0.150. The van der Waals surface area contributed by atoms with E-state index in [9.17, 15) is 9.59 Å². The molecule has 0 aliphatic heterocycles. The summed E-state index contributed by atoms with van der Waals surface area (Å²) in [5, 5.41) is 3.14. The van der Waals surface area contributed by atoms with Crippen LogP contribution in [0, 0.1) is 0 Å². The first-order chi connectivity index (χ1) is 11.5. The molecule has 0 saturated carbocycles. The Balaban J connectivity index is 2.29. The first-order valence-electron chi connectivity index (χ1n) is 8.17. The highest BCUT2D eigenvalue weighted by molar-refractivity contribution is 5.60. The van der Waals surface area contributed by atoms with Crippen molar-refractivity contribution in [2.24, 2.45) is 0 Å². The molecule has 0 aliphatic rings. The number of nitrogens with two attached hydrogens (primary N) is 1. The van der Waals surface area contributed by atoms with Crippen LogP contribution in [0.1, 0.15) is 24.9 Å². The SMILES string of the molecule is CCCn1c(N)c(NC[C@H](c2ccccc2)[NH+](C)C)c(=O)[nH]c1=O. The Kier molecular flexibility index (Phi) is 5.81. The molecule has 24 heavy (non-hydrogen) atoms. The number of H-pyrrole nitrogens is 1. The Morgan fingerprint density at radius 2 is 1.92 bits per heavy atom. The van der Waals surface area contributed by atoms with Crippen molar-refractivity contribution in [1.29, 1.82) is 0 Å². The summed E-state index contributed by atoms with van der Waals surface area (Å²) in [6, 6.07) is 10.2. The first kappa shape index (κ1) is 17.8. The number of nitrogen functional groups attached to an aromatic ring is 1. The minimum Gasteiger partial charge on any atom is -0.383 e. The van der Waals surface area contributed by atoms with Gasteiger partial charge in [0.25, 0.3) is 5.56 Å². The maximum absolute atomic E-state index is 12.1. The molecule has 1 heterocycles. The van der Waals surface area contributed by atoms with Gasteiger partial charge in [0.05, 0.1) is 20.6 Å². The summed E-state index contributed by atoms with van der Waals surface area (Å²) in [7, 11) is 4.12. The average molecular weight is 332 g/mol. The Hall–Kier alpha value is -2.54. The van der Waals surface area contributed by atoms with Gasteiger partial charge in [-0.25, -0.2) is 4.79 Å². The smallest absolute Gasteiger partial charge is 0.330 e. The van der Waals surface area contributed by atoms with Crippen LogP contribution in [0.25, 0.3) is 0 Å². The van der Waals surface area contributed by atoms with Gasteiger partial charge in [-0.1, -0.05) is 37.3 Å². The average Bonchev–Trinajstić information content (AvgIpc) is 2.55. The second kappa shape index (κ2) is 7.83. The zero-order valence-electron chi connectivity index (χ0n) is 14.4. The van der Waals surface area contributed by atoms with Crippen molar-refractivity contribution in [3.8, 4) is 0 Å². The molecule has 1 atom stereocenters. The second-order valence-electron chi connectivity index (χ2n) is 6.09. The van der Waals surface area contributed by atoms with Gasteiger partial charge in [0.15, 0.2) is 0 Å². The van der Waals surface area contributed by atoms with Gasteiger partial charge >= 0.3 is 5.69 Å². The van der Waals surface area contributed by atoms with Crippen molar-refractivity contribution < 1.29 is 4.90 Å². The molecule has 0 amide bonds. The number of aromatic nitrogens is 2. The summed E-state index contributed by atoms with van der Waals surface area (Å²) >= 11 is 0. The van der Waals surface area contributed by atoms with Crippen LogP contribution in [0.2, 0.25) is 0 Å². The van der Waals surface area contributed by atoms with Crippen molar-refractivity contribution in [3.05, 3.63) is 56.7 Å². The molecule has 0 radical (unpaired) electrons. The molecule has 1 aromatic heterocycles. The topological polar surface area (TPSA) is 97.3 Å². The molecule has 0 fully saturated rings. The number of aromatic amines is 1. The predicted octanol–water partition coefficient (Wildman–Crippen LogP) is -0.173. The van der Waals surface area contributed by atoms with E-state index in [1.807, 2.05) is 25.1 Å². The molecular weight excluding hydrogens is 306 g/mol. The first-order valence-corrected chi connectivity index (χ1v) is 8.17. The van der Waals surface area contributed by atoms with E-state index in [4.69, 9.17) is 5.73 Å². The third-order valence-electron chi connectivity index (χ3n) is 4.07. The van der Waals surface area contributed by atoms with Crippen LogP contribution in [-0.2, 0) is 6.54 Å². The van der Waals surface area contributed by atoms with E-state index in [0.717, 1.165) is 6.42 Å². The monoisotopic (exact) mass is 332 g/mol. The number of likely N-dealkylation sites (N-methyl/N-ethyl adjacent to an activating group) is 1. The lowest BCUT2D eigenvalue weighted by molar-refractivity contribution is -0.890. The lowest BCUT2D eigenvalue weighted by Gasteiger charge is -2.23. The Bertz CT molecular complexity index is 780. The van der Waals surface area contributed by atoms with Crippen LogP contribution in [0.4, 0.5) is 11.5 Å². The number of quaternary nitrogens is 1. The van der Waals surface area contributed by atoms with Crippen molar-refractivity contribution in [3.63, 3.8) is 0 Å². The highest BCUT2D eigenvalue weighted by atomic mass is 16.2.